The zero-order valence-electron chi connectivity index (χ0n) is 17.6. The van der Waals surface area contributed by atoms with E-state index in [2.05, 4.69) is 5.10 Å². The van der Waals surface area contributed by atoms with Crippen molar-refractivity contribution in [2.24, 2.45) is 0 Å². The quantitative estimate of drug-likeness (QED) is 0.369. The van der Waals surface area contributed by atoms with E-state index in [1.54, 1.807) is 29.2 Å². The normalized spacial score (nSPS) is 11.1. The first-order valence-corrected chi connectivity index (χ1v) is 11.3. The van der Waals surface area contributed by atoms with Gasteiger partial charge in [-0.1, -0.05) is 29.0 Å². The van der Waals surface area contributed by atoms with E-state index in [4.69, 9.17) is 21.3 Å². The number of carbonyl (C=O) groups excluding carboxylic acids is 1. The van der Waals surface area contributed by atoms with Crippen LogP contribution in [0, 0.1) is 13.8 Å². The number of amides is 1. The molecular formula is C23H23ClN4O2S. The number of aryl methyl sites for hydroxylation is 2. The fraction of sp³-hybridized carbons (Fsp3) is 0.261. The zero-order chi connectivity index (χ0) is 22.0. The van der Waals surface area contributed by atoms with Crippen LogP contribution in [0.4, 0.5) is 5.13 Å². The second-order valence-electron chi connectivity index (χ2n) is 7.15. The van der Waals surface area contributed by atoms with Crippen LogP contribution in [0.25, 0.3) is 10.2 Å². The lowest BCUT2D eigenvalue weighted by molar-refractivity contribution is 0.0985. The van der Waals surface area contributed by atoms with E-state index >= 15 is 0 Å². The summed E-state index contributed by atoms with van der Waals surface area (Å²) in [5.74, 6) is 0.593. The number of halogens is 1. The summed E-state index contributed by atoms with van der Waals surface area (Å²) in [4.78, 5) is 19.9. The summed E-state index contributed by atoms with van der Waals surface area (Å²) in [5, 5.41) is 5.74. The topological polar surface area (TPSA) is 60.2 Å². The van der Waals surface area contributed by atoms with Crippen molar-refractivity contribution < 1.29 is 9.53 Å². The van der Waals surface area contributed by atoms with Crippen LogP contribution in [0.5, 0.6) is 5.75 Å². The number of para-hydroxylation sites is 1. The number of nitrogens with zero attached hydrogens (tertiary/aromatic N) is 4. The third kappa shape index (κ3) is 4.57. The third-order valence-corrected chi connectivity index (χ3v) is 6.17. The molecule has 0 radical (unpaired) electrons. The van der Waals surface area contributed by atoms with E-state index in [0.29, 0.717) is 35.4 Å². The van der Waals surface area contributed by atoms with Gasteiger partial charge >= 0.3 is 0 Å². The summed E-state index contributed by atoms with van der Waals surface area (Å²) in [5.41, 5.74) is 3.33. The van der Waals surface area contributed by atoms with Crippen LogP contribution < -0.4 is 9.64 Å². The van der Waals surface area contributed by atoms with Crippen molar-refractivity contribution in [2.45, 2.75) is 27.3 Å². The predicted molar refractivity (Wildman–Crippen MR) is 126 cm³/mol. The number of ether oxygens (including phenoxy) is 1. The molecule has 0 fully saturated rings. The van der Waals surface area contributed by atoms with Gasteiger partial charge in [-0.25, -0.2) is 4.98 Å². The monoisotopic (exact) mass is 454 g/mol. The van der Waals surface area contributed by atoms with Gasteiger partial charge in [0.25, 0.3) is 5.91 Å². The van der Waals surface area contributed by atoms with Gasteiger partial charge in [0.1, 0.15) is 11.3 Å². The molecule has 0 bridgehead atoms. The van der Waals surface area contributed by atoms with E-state index in [-0.39, 0.29) is 5.91 Å². The summed E-state index contributed by atoms with van der Waals surface area (Å²) in [7, 11) is 0. The Kier molecular flexibility index (Phi) is 6.25. The van der Waals surface area contributed by atoms with Gasteiger partial charge in [-0.05, 0) is 63.2 Å². The van der Waals surface area contributed by atoms with Crippen LogP contribution in [-0.4, -0.2) is 33.8 Å². The molecule has 1 amide bonds. The highest BCUT2D eigenvalue weighted by Gasteiger charge is 2.22. The molecule has 2 aromatic heterocycles. The Labute approximate surface area is 190 Å². The Morgan fingerprint density at radius 2 is 1.97 bits per heavy atom. The molecule has 2 aromatic carbocycles. The second kappa shape index (κ2) is 9.08. The summed E-state index contributed by atoms with van der Waals surface area (Å²) >= 11 is 7.49. The maximum atomic E-state index is 13.4. The maximum absolute atomic E-state index is 13.4. The maximum Gasteiger partial charge on any atom is 0.260 e. The van der Waals surface area contributed by atoms with Crippen molar-refractivity contribution in [3.63, 3.8) is 0 Å². The van der Waals surface area contributed by atoms with Crippen LogP contribution in [0.15, 0.2) is 48.5 Å². The average molecular weight is 455 g/mol. The molecule has 0 aliphatic heterocycles. The fourth-order valence-corrected chi connectivity index (χ4v) is 4.56. The third-order valence-electron chi connectivity index (χ3n) is 4.88. The number of thiazole rings is 1. The zero-order valence-corrected chi connectivity index (χ0v) is 19.2. The molecule has 8 heteroatoms. The molecule has 0 saturated heterocycles. The fourth-order valence-electron chi connectivity index (χ4n) is 3.43. The van der Waals surface area contributed by atoms with Crippen molar-refractivity contribution in [3.05, 3.63) is 70.5 Å². The molecule has 0 aliphatic carbocycles. The number of aromatic nitrogens is 3. The van der Waals surface area contributed by atoms with Crippen molar-refractivity contribution >= 4 is 44.2 Å². The van der Waals surface area contributed by atoms with Crippen LogP contribution in [-0.2, 0) is 6.54 Å². The molecule has 2 heterocycles. The van der Waals surface area contributed by atoms with E-state index in [1.165, 1.54) is 11.3 Å². The standard InChI is InChI=1S/C23H23ClN4O2S/c1-4-30-19-6-5-7-20-21(19)25-23(31-20)27(12-13-28-16(3)14-15(2)26-28)22(29)17-8-10-18(24)11-9-17/h5-11,14H,4,12-13H2,1-3H3. The first kappa shape index (κ1) is 21.3. The number of rotatable bonds is 7. The summed E-state index contributed by atoms with van der Waals surface area (Å²) < 4.78 is 8.62. The van der Waals surface area contributed by atoms with Gasteiger partial charge in [0.2, 0.25) is 0 Å². The molecule has 6 nitrogen and oxygen atoms in total. The number of hydrogen-bond acceptors (Lipinski definition) is 5. The predicted octanol–water partition coefficient (Wildman–Crippen LogP) is 5.51. The van der Waals surface area contributed by atoms with Gasteiger partial charge in [0.05, 0.1) is 23.5 Å². The molecule has 0 saturated carbocycles. The lowest BCUT2D eigenvalue weighted by atomic mass is 10.2. The molecule has 31 heavy (non-hydrogen) atoms. The van der Waals surface area contributed by atoms with Crippen LogP contribution >= 0.6 is 22.9 Å². The van der Waals surface area contributed by atoms with E-state index < -0.39 is 0 Å². The SMILES string of the molecule is CCOc1cccc2sc(N(CCn3nc(C)cc3C)C(=O)c3ccc(Cl)cc3)nc12. The lowest BCUT2D eigenvalue weighted by Crippen LogP contribution is -2.34. The van der Waals surface area contributed by atoms with Gasteiger partial charge in [-0.3, -0.25) is 14.4 Å². The van der Waals surface area contributed by atoms with Crippen molar-refractivity contribution in [1.82, 2.24) is 14.8 Å². The molecular weight excluding hydrogens is 432 g/mol. The highest BCUT2D eigenvalue weighted by Crippen LogP contribution is 2.35. The Bertz CT molecular complexity index is 1220. The van der Waals surface area contributed by atoms with Crippen molar-refractivity contribution in [2.75, 3.05) is 18.1 Å². The molecule has 0 unspecified atom stereocenters. The first-order chi connectivity index (χ1) is 15.0. The number of anilines is 1. The molecule has 0 N–H and O–H groups in total. The van der Waals surface area contributed by atoms with E-state index in [9.17, 15) is 4.79 Å². The summed E-state index contributed by atoms with van der Waals surface area (Å²) in [6, 6.07) is 14.8. The minimum atomic E-state index is -0.129. The Hall–Kier alpha value is -2.90. The molecule has 160 valence electrons. The molecule has 0 spiro atoms. The highest BCUT2D eigenvalue weighted by atomic mass is 35.5. The minimum absolute atomic E-state index is 0.129. The smallest absolute Gasteiger partial charge is 0.260 e. The van der Waals surface area contributed by atoms with Gasteiger partial charge in [0.15, 0.2) is 5.13 Å². The number of fused-ring (bicyclic) bond motifs is 1. The molecule has 0 atom stereocenters. The van der Waals surface area contributed by atoms with Crippen LogP contribution in [0.1, 0.15) is 28.7 Å². The minimum Gasteiger partial charge on any atom is -0.492 e. The average Bonchev–Trinajstić information content (AvgIpc) is 3.32. The molecule has 0 aliphatic rings. The Morgan fingerprint density at radius 1 is 1.19 bits per heavy atom. The molecule has 4 aromatic rings. The lowest BCUT2D eigenvalue weighted by Gasteiger charge is -2.20. The Morgan fingerprint density at radius 3 is 2.65 bits per heavy atom. The van der Waals surface area contributed by atoms with E-state index in [0.717, 1.165) is 27.4 Å². The first-order valence-electron chi connectivity index (χ1n) is 10.1. The second-order valence-corrected chi connectivity index (χ2v) is 8.59. The van der Waals surface area contributed by atoms with Gasteiger partial charge in [-0.2, -0.15) is 5.10 Å². The largest absolute Gasteiger partial charge is 0.492 e. The van der Waals surface area contributed by atoms with Gasteiger partial charge in [0, 0.05) is 22.8 Å². The van der Waals surface area contributed by atoms with E-state index in [1.807, 2.05) is 49.7 Å². The van der Waals surface area contributed by atoms with Gasteiger partial charge in [-0.15, -0.1) is 0 Å². The van der Waals surface area contributed by atoms with Crippen molar-refractivity contribution in [1.29, 1.82) is 0 Å². The number of hydrogen-bond donors (Lipinski definition) is 0. The summed E-state index contributed by atoms with van der Waals surface area (Å²) in [6.07, 6.45) is 0. The van der Waals surface area contributed by atoms with Crippen molar-refractivity contribution in [3.8, 4) is 5.75 Å². The number of benzene rings is 2. The molecule has 4 rings (SSSR count). The van der Waals surface area contributed by atoms with Crippen LogP contribution in [0.3, 0.4) is 0 Å². The van der Waals surface area contributed by atoms with Gasteiger partial charge < -0.3 is 4.74 Å². The summed E-state index contributed by atoms with van der Waals surface area (Å²) in [6.45, 7) is 7.47. The highest BCUT2D eigenvalue weighted by molar-refractivity contribution is 7.22. The number of carbonyl (C=O) groups is 1. The van der Waals surface area contributed by atoms with Crippen LogP contribution in [0.2, 0.25) is 5.02 Å². The Balaban J connectivity index is 1.71.